The van der Waals surface area contributed by atoms with Gasteiger partial charge in [0.15, 0.2) is 29.0 Å². The molecule has 11 nitrogen and oxygen atoms in total. The topological polar surface area (TPSA) is 141 Å². The Kier molecular flexibility index (Phi) is 12.9. The number of nitrogens with one attached hydrogen (secondary N) is 4. The van der Waals surface area contributed by atoms with Gasteiger partial charge in [-0.15, -0.1) is 0 Å². The second-order valence-electron chi connectivity index (χ2n) is 12.4. The maximum absolute atomic E-state index is 14.9. The van der Waals surface area contributed by atoms with Gasteiger partial charge in [-0.25, -0.2) is 13.2 Å². The zero-order valence-electron chi connectivity index (χ0n) is 26.9. The predicted octanol–water partition coefficient (Wildman–Crippen LogP) is 1.80. The van der Waals surface area contributed by atoms with Crippen molar-refractivity contribution in [2.45, 2.75) is 64.2 Å². The van der Waals surface area contributed by atoms with Crippen LogP contribution in [-0.4, -0.2) is 97.9 Å². The summed E-state index contributed by atoms with van der Waals surface area (Å²) in [4.78, 5) is 42.8. The first-order valence-corrected chi connectivity index (χ1v) is 15.9. The van der Waals surface area contributed by atoms with E-state index in [1.165, 1.54) is 6.07 Å². The number of carbonyl (C=O) groups is 3. The number of nitrogens with zero attached hydrogens (tertiary/aromatic N) is 1. The van der Waals surface area contributed by atoms with Crippen LogP contribution in [0.25, 0.3) is 0 Å². The van der Waals surface area contributed by atoms with E-state index in [4.69, 9.17) is 9.47 Å². The van der Waals surface area contributed by atoms with E-state index in [0.29, 0.717) is 44.7 Å². The van der Waals surface area contributed by atoms with E-state index in [2.05, 4.69) is 21.3 Å². The highest BCUT2D eigenvalue weighted by atomic mass is 19.1. The standard InChI is InChI=1S/C33H44F3N5O6/c1-19(2)28-33(45)39-27(17-41-10-12-46-13-11-41)31(43)37-9-5-7-22-6-4-8-23(34)30(22)47-18-20(3)38-26(32(44)40-28)16-21-14-24(35)29(42)25(36)15-21/h4,6,8,14-15,19-20,26-28,38,42H,5,7,9-13,16-18H2,1-3H3,(H,37,43)(H,39,45)(H,40,44)/t20-,26+,27-,28+/m0/s1. The lowest BCUT2D eigenvalue weighted by atomic mass is 10.00. The molecule has 4 atom stereocenters. The van der Waals surface area contributed by atoms with Gasteiger partial charge in [-0.05, 0) is 61.4 Å². The number of hydrogen-bond donors (Lipinski definition) is 5. The zero-order chi connectivity index (χ0) is 34.1. The van der Waals surface area contributed by atoms with Crippen molar-refractivity contribution >= 4 is 17.7 Å². The monoisotopic (exact) mass is 663 g/mol. The summed E-state index contributed by atoms with van der Waals surface area (Å²) in [5.74, 6) is -6.04. The zero-order valence-corrected chi connectivity index (χ0v) is 26.9. The SMILES string of the molecule is CC(C)[C@H]1NC(=O)[C@@H](Cc2cc(F)c(O)c(F)c2)N[C@@H](C)COc2c(F)cccc2CCCNC(=O)[C@H](CN2CCOCC2)NC1=O. The minimum absolute atomic E-state index is 0.0506. The molecule has 0 unspecified atom stereocenters. The van der Waals surface area contributed by atoms with E-state index >= 15 is 0 Å². The number of amides is 3. The van der Waals surface area contributed by atoms with Gasteiger partial charge in [0.25, 0.3) is 0 Å². The number of para-hydroxylation sites is 1. The summed E-state index contributed by atoms with van der Waals surface area (Å²) < 4.78 is 54.6. The van der Waals surface area contributed by atoms with Crippen molar-refractivity contribution in [1.82, 2.24) is 26.2 Å². The van der Waals surface area contributed by atoms with Crippen molar-refractivity contribution in [3.63, 3.8) is 0 Å². The van der Waals surface area contributed by atoms with Gasteiger partial charge in [-0.3, -0.25) is 24.6 Å². The van der Waals surface area contributed by atoms with Crippen molar-refractivity contribution in [2.75, 3.05) is 46.0 Å². The average Bonchev–Trinajstić information content (AvgIpc) is 3.03. The number of carbonyl (C=O) groups excluding carboxylic acids is 3. The van der Waals surface area contributed by atoms with Crippen LogP contribution in [0, 0.1) is 23.4 Å². The van der Waals surface area contributed by atoms with Crippen molar-refractivity contribution in [3.05, 3.63) is 58.9 Å². The molecule has 0 spiro atoms. The van der Waals surface area contributed by atoms with E-state index in [1.54, 1.807) is 32.9 Å². The molecule has 0 aromatic heterocycles. The summed E-state index contributed by atoms with van der Waals surface area (Å²) in [5, 5.41) is 21.1. The van der Waals surface area contributed by atoms with Crippen LogP contribution in [0.2, 0.25) is 0 Å². The van der Waals surface area contributed by atoms with Gasteiger partial charge in [0.2, 0.25) is 17.7 Å². The van der Waals surface area contributed by atoms with Gasteiger partial charge in [0.05, 0.1) is 19.3 Å². The Labute approximate surface area is 272 Å². The van der Waals surface area contributed by atoms with Crippen LogP contribution in [0.4, 0.5) is 13.2 Å². The van der Waals surface area contributed by atoms with Crippen molar-refractivity contribution < 1.29 is 42.1 Å². The highest BCUT2D eigenvalue weighted by Gasteiger charge is 2.33. The average molecular weight is 664 g/mol. The quantitative estimate of drug-likeness (QED) is 0.327. The van der Waals surface area contributed by atoms with Gasteiger partial charge >= 0.3 is 0 Å². The van der Waals surface area contributed by atoms with E-state index in [9.17, 15) is 32.7 Å². The van der Waals surface area contributed by atoms with E-state index in [-0.39, 0.29) is 37.4 Å². The van der Waals surface area contributed by atoms with Gasteiger partial charge in [0.1, 0.15) is 18.7 Å². The fourth-order valence-corrected chi connectivity index (χ4v) is 5.61. The molecule has 1 fully saturated rings. The molecule has 2 aliphatic rings. The second kappa shape index (κ2) is 16.8. The van der Waals surface area contributed by atoms with Crippen LogP contribution >= 0.6 is 0 Å². The summed E-state index contributed by atoms with van der Waals surface area (Å²) in [6, 6.07) is 2.73. The number of hydrogen-bond acceptors (Lipinski definition) is 8. The molecule has 0 bridgehead atoms. The molecule has 258 valence electrons. The lowest BCUT2D eigenvalue weighted by Crippen LogP contribution is -2.61. The summed E-state index contributed by atoms with van der Waals surface area (Å²) >= 11 is 0. The summed E-state index contributed by atoms with van der Waals surface area (Å²) in [7, 11) is 0. The number of aryl methyl sites for hydroxylation is 1. The molecule has 2 aliphatic heterocycles. The summed E-state index contributed by atoms with van der Waals surface area (Å²) in [6.07, 6.45) is 0.655. The third-order valence-electron chi connectivity index (χ3n) is 8.19. The fraction of sp³-hybridized carbons (Fsp3) is 0.545. The molecular weight excluding hydrogens is 619 g/mol. The molecular formula is C33H44F3N5O6. The molecule has 2 aromatic rings. The first-order chi connectivity index (χ1) is 22.4. The molecule has 14 heteroatoms. The van der Waals surface area contributed by atoms with Crippen molar-refractivity contribution in [3.8, 4) is 11.5 Å². The minimum atomic E-state index is -1.19. The van der Waals surface area contributed by atoms with Crippen LogP contribution in [-0.2, 0) is 32.0 Å². The number of halogens is 3. The van der Waals surface area contributed by atoms with Gasteiger partial charge in [-0.2, -0.15) is 0 Å². The van der Waals surface area contributed by atoms with Gasteiger partial charge in [0, 0.05) is 32.2 Å². The lowest BCUT2D eigenvalue weighted by Gasteiger charge is -2.32. The Balaban J connectivity index is 1.65. The Hall–Kier alpha value is -3.88. The van der Waals surface area contributed by atoms with Crippen molar-refractivity contribution in [1.29, 1.82) is 0 Å². The van der Waals surface area contributed by atoms with E-state index in [1.807, 2.05) is 4.90 Å². The smallest absolute Gasteiger partial charge is 0.243 e. The maximum atomic E-state index is 14.9. The largest absolute Gasteiger partial charge is 0.503 e. The normalized spacial score (nSPS) is 24.3. The highest BCUT2D eigenvalue weighted by Crippen LogP contribution is 2.25. The first-order valence-electron chi connectivity index (χ1n) is 15.9. The molecule has 5 N–H and O–H groups in total. The maximum Gasteiger partial charge on any atom is 0.243 e. The number of rotatable bonds is 5. The Morgan fingerprint density at radius 1 is 0.957 bits per heavy atom. The van der Waals surface area contributed by atoms with Crippen LogP contribution in [0.1, 0.15) is 38.3 Å². The molecule has 1 saturated heterocycles. The van der Waals surface area contributed by atoms with Crippen LogP contribution < -0.4 is 26.0 Å². The second-order valence-corrected chi connectivity index (χ2v) is 12.4. The van der Waals surface area contributed by atoms with E-state index < -0.39 is 71.0 Å². The predicted molar refractivity (Wildman–Crippen MR) is 167 cm³/mol. The minimum Gasteiger partial charge on any atom is -0.503 e. The third kappa shape index (κ3) is 10.1. The third-order valence-corrected chi connectivity index (χ3v) is 8.19. The number of aromatic hydroxyl groups is 1. The first kappa shape index (κ1) is 36.0. The Morgan fingerprint density at radius 3 is 2.34 bits per heavy atom. The molecule has 2 aromatic carbocycles. The Morgan fingerprint density at radius 2 is 1.66 bits per heavy atom. The van der Waals surface area contributed by atoms with Crippen LogP contribution in [0.15, 0.2) is 30.3 Å². The van der Waals surface area contributed by atoms with Gasteiger partial charge in [-0.1, -0.05) is 26.0 Å². The molecule has 47 heavy (non-hydrogen) atoms. The Bertz CT molecular complexity index is 1380. The van der Waals surface area contributed by atoms with Crippen molar-refractivity contribution in [2.24, 2.45) is 5.92 Å². The summed E-state index contributed by atoms with van der Waals surface area (Å²) in [6.45, 7) is 7.76. The fourth-order valence-electron chi connectivity index (χ4n) is 5.61. The molecule has 0 saturated carbocycles. The number of phenolic OH excluding ortho intramolecular Hbond substituents is 1. The number of ether oxygens (including phenoxy) is 2. The number of benzene rings is 2. The van der Waals surface area contributed by atoms with E-state index in [0.717, 1.165) is 12.1 Å². The molecule has 4 rings (SSSR count). The molecule has 0 aliphatic carbocycles. The van der Waals surface area contributed by atoms with Crippen LogP contribution in [0.3, 0.4) is 0 Å². The number of fused-ring (bicyclic) bond motifs is 1. The lowest BCUT2D eigenvalue weighted by molar-refractivity contribution is -0.134. The molecule has 3 amide bonds. The highest BCUT2D eigenvalue weighted by molar-refractivity contribution is 5.93. The molecule has 0 radical (unpaired) electrons. The molecule has 2 heterocycles. The van der Waals surface area contributed by atoms with Crippen LogP contribution in [0.5, 0.6) is 11.5 Å². The summed E-state index contributed by atoms with van der Waals surface area (Å²) in [5.41, 5.74) is 0.666. The van der Waals surface area contributed by atoms with Gasteiger partial charge < -0.3 is 30.5 Å². The number of phenols is 1. The number of morpholine rings is 1.